The summed E-state index contributed by atoms with van der Waals surface area (Å²) in [5, 5.41) is 9.29. The number of benzene rings is 1. The first-order valence-electron chi connectivity index (χ1n) is 6.16. The van der Waals surface area contributed by atoms with Crippen molar-refractivity contribution in [2.45, 2.75) is 17.7 Å². The fourth-order valence-electron chi connectivity index (χ4n) is 1.93. The van der Waals surface area contributed by atoms with E-state index in [1.54, 1.807) is 12.3 Å². The molecule has 1 aromatic heterocycles. The number of nitrogens with one attached hydrogen (secondary N) is 1. The molecule has 0 fully saturated rings. The van der Waals surface area contributed by atoms with Crippen LogP contribution in [0.2, 0.25) is 5.02 Å². The Bertz CT molecular complexity index is 777. The quantitative estimate of drug-likeness (QED) is 0.916. The van der Waals surface area contributed by atoms with Crippen molar-refractivity contribution in [3.05, 3.63) is 52.4 Å². The van der Waals surface area contributed by atoms with Crippen molar-refractivity contribution in [2.75, 3.05) is 7.05 Å². The molecule has 0 radical (unpaired) electrons. The molecule has 5 nitrogen and oxygen atoms in total. The molecule has 2 aromatic rings. The normalized spacial score (nSPS) is 11.3. The predicted octanol–water partition coefficient (Wildman–Crippen LogP) is 2.50. The zero-order valence-corrected chi connectivity index (χ0v) is 12.8. The standard InChI is InChI=1S/C14H13ClN2O3S/c1-17-21(18,19)14-8-11(9-16)10(7-13(14)15)4-5-12-3-2-6-20-12/h2-3,6-8,17H,4-5H2,1H3. The van der Waals surface area contributed by atoms with Crippen molar-refractivity contribution in [3.63, 3.8) is 0 Å². The van der Waals surface area contributed by atoms with Gasteiger partial charge in [-0.05, 0) is 43.3 Å². The lowest BCUT2D eigenvalue weighted by atomic mass is 10.0. The predicted molar refractivity (Wildman–Crippen MR) is 78.5 cm³/mol. The highest BCUT2D eigenvalue weighted by Crippen LogP contribution is 2.26. The van der Waals surface area contributed by atoms with Gasteiger partial charge in [-0.3, -0.25) is 0 Å². The SMILES string of the molecule is CNS(=O)(=O)c1cc(C#N)c(CCc2ccco2)cc1Cl. The van der Waals surface area contributed by atoms with Gasteiger partial charge >= 0.3 is 0 Å². The smallest absolute Gasteiger partial charge is 0.241 e. The van der Waals surface area contributed by atoms with E-state index < -0.39 is 10.0 Å². The van der Waals surface area contributed by atoms with Gasteiger partial charge in [0.05, 0.1) is 22.9 Å². The zero-order chi connectivity index (χ0) is 15.5. The number of halogens is 1. The Labute approximate surface area is 128 Å². The van der Waals surface area contributed by atoms with Crippen LogP contribution in [-0.4, -0.2) is 15.5 Å². The molecule has 21 heavy (non-hydrogen) atoms. The van der Waals surface area contributed by atoms with Gasteiger partial charge in [0.15, 0.2) is 0 Å². The third-order valence-corrected chi connectivity index (χ3v) is 4.94. The molecular weight excluding hydrogens is 312 g/mol. The van der Waals surface area contributed by atoms with Gasteiger partial charge in [0.25, 0.3) is 0 Å². The molecule has 0 saturated heterocycles. The van der Waals surface area contributed by atoms with Crippen LogP contribution in [0.3, 0.4) is 0 Å². The Morgan fingerprint density at radius 1 is 1.38 bits per heavy atom. The Kier molecular flexibility index (Phi) is 4.68. The third-order valence-electron chi connectivity index (χ3n) is 3.06. The van der Waals surface area contributed by atoms with Gasteiger partial charge in [-0.2, -0.15) is 5.26 Å². The van der Waals surface area contributed by atoms with E-state index in [2.05, 4.69) is 4.72 Å². The van der Waals surface area contributed by atoms with Crippen molar-refractivity contribution in [2.24, 2.45) is 0 Å². The maximum absolute atomic E-state index is 11.8. The van der Waals surface area contributed by atoms with Crippen molar-refractivity contribution in [1.82, 2.24) is 4.72 Å². The molecule has 0 spiro atoms. The lowest BCUT2D eigenvalue weighted by Gasteiger charge is -2.09. The minimum Gasteiger partial charge on any atom is -0.469 e. The minimum atomic E-state index is -3.69. The molecule has 0 aliphatic carbocycles. The van der Waals surface area contributed by atoms with Crippen LogP contribution < -0.4 is 4.72 Å². The molecule has 1 heterocycles. The summed E-state index contributed by atoms with van der Waals surface area (Å²) in [4.78, 5) is -0.0926. The highest BCUT2D eigenvalue weighted by molar-refractivity contribution is 7.89. The molecule has 0 amide bonds. The topological polar surface area (TPSA) is 83.1 Å². The van der Waals surface area contributed by atoms with E-state index in [0.29, 0.717) is 24.0 Å². The lowest BCUT2D eigenvalue weighted by Crippen LogP contribution is -2.19. The van der Waals surface area contributed by atoms with E-state index in [1.165, 1.54) is 19.2 Å². The molecular formula is C14H13ClN2O3S. The number of furan rings is 1. The van der Waals surface area contributed by atoms with Gasteiger partial charge in [-0.15, -0.1) is 0 Å². The zero-order valence-electron chi connectivity index (χ0n) is 11.3. The molecule has 0 aliphatic rings. The second-order valence-corrected chi connectivity index (χ2v) is 6.60. The summed E-state index contributed by atoms with van der Waals surface area (Å²) < 4.78 is 31.1. The van der Waals surface area contributed by atoms with E-state index in [4.69, 9.17) is 16.0 Å². The second-order valence-electron chi connectivity index (χ2n) is 4.34. The van der Waals surface area contributed by atoms with Crippen LogP contribution in [0.25, 0.3) is 0 Å². The van der Waals surface area contributed by atoms with E-state index in [9.17, 15) is 13.7 Å². The second kappa shape index (κ2) is 6.31. The number of sulfonamides is 1. The van der Waals surface area contributed by atoms with Gasteiger partial charge in [0, 0.05) is 6.42 Å². The number of rotatable bonds is 5. The third kappa shape index (κ3) is 3.45. The molecule has 0 saturated carbocycles. The van der Waals surface area contributed by atoms with Crippen LogP contribution in [0.4, 0.5) is 0 Å². The Morgan fingerprint density at radius 3 is 2.71 bits per heavy atom. The summed E-state index contributed by atoms with van der Waals surface area (Å²) in [5.41, 5.74) is 0.980. The summed E-state index contributed by atoms with van der Waals surface area (Å²) in [5.74, 6) is 0.793. The number of aryl methyl sites for hydroxylation is 2. The van der Waals surface area contributed by atoms with Crippen LogP contribution in [0, 0.1) is 11.3 Å². The van der Waals surface area contributed by atoms with Gasteiger partial charge in [0.2, 0.25) is 10.0 Å². The minimum absolute atomic E-state index is 0.0926. The summed E-state index contributed by atoms with van der Waals surface area (Å²) in [6.07, 6.45) is 2.72. The van der Waals surface area contributed by atoms with Gasteiger partial charge < -0.3 is 4.42 Å². The first-order chi connectivity index (χ1) is 9.97. The summed E-state index contributed by atoms with van der Waals surface area (Å²) in [7, 11) is -2.39. The van der Waals surface area contributed by atoms with Gasteiger partial charge in [0.1, 0.15) is 10.7 Å². The maximum Gasteiger partial charge on any atom is 0.241 e. The molecule has 110 valence electrons. The number of hydrogen-bond acceptors (Lipinski definition) is 4. The van der Waals surface area contributed by atoms with Crippen LogP contribution >= 0.6 is 11.6 Å². The molecule has 7 heteroatoms. The highest BCUT2D eigenvalue weighted by atomic mass is 35.5. The first kappa shape index (κ1) is 15.6. The number of nitrogens with zero attached hydrogens (tertiary/aromatic N) is 1. The average Bonchev–Trinajstić information content (AvgIpc) is 2.98. The van der Waals surface area contributed by atoms with E-state index in [0.717, 1.165) is 5.76 Å². The molecule has 0 aliphatic heterocycles. The fourth-order valence-corrected chi connectivity index (χ4v) is 3.23. The monoisotopic (exact) mass is 324 g/mol. The molecule has 0 bridgehead atoms. The highest BCUT2D eigenvalue weighted by Gasteiger charge is 2.19. The molecule has 1 N–H and O–H groups in total. The van der Waals surface area contributed by atoms with Crippen LogP contribution in [0.5, 0.6) is 0 Å². The summed E-state index contributed by atoms with van der Waals surface area (Å²) in [6.45, 7) is 0. The molecule has 0 atom stereocenters. The largest absolute Gasteiger partial charge is 0.469 e. The summed E-state index contributed by atoms with van der Waals surface area (Å²) >= 11 is 6.03. The van der Waals surface area contributed by atoms with Crippen LogP contribution in [-0.2, 0) is 22.9 Å². The maximum atomic E-state index is 11.8. The van der Waals surface area contributed by atoms with Gasteiger partial charge in [-0.25, -0.2) is 13.1 Å². The molecule has 2 rings (SSSR count). The van der Waals surface area contributed by atoms with E-state index in [1.807, 2.05) is 12.1 Å². The number of nitriles is 1. The van der Waals surface area contributed by atoms with Crippen LogP contribution in [0.1, 0.15) is 16.9 Å². The Morgan fingerprint density at radius 2 is 2.14 bits per heavy atom. The Balaban J connectivity index is 2.36. The van der Waals surface area contributed by atoms with Crippen LogP contribution in [0.15, 0.2) is 39.8 Å². The Hall–Kier alpha value is -1.81. The van der Waals surface area contributed by atoms with Crippen molar-refractivity contribution in [1.29, 1.82) is 5.26 Å². The van der Waals surface area contributed by atoms with Gasteiger partial charge in [-0.1, -0.05) is 11.6 Å². The van der Waals surface area contributed by atoms with E-state index >= 15 is 0 Å². The molecule has 0 unspecified atom stereocenters. The first-order valence-corrected chi connectivity index (χ1v) is 8.02. The lowest BCUT2D eigenvalue weighted by molar-refractivity contribution is 0.508. The van der Waals surface area contributed by atoms with Crippen molar-refractivity contribution < 1.29 is 12.8 Å². The van der Waals surface area contributed by atoms with E-state index in [-0.39, 0.29) is 9.92 Å². The molecule has 1 aromatic carbocycles. The summed E-state index contributed by atoms with van der Waals surface area (Å²) in [6, 6.07) is 8.45. The van der Waals surface area contributed by atoms with Crippen molar-refractivity contribution >= 4 is 21.6 Å². The number of hydrogen-bond donors (Lipinski definition) is 1. The van der Waals surface area contributed by atoms with Crippen molar-refractivity contribution in [3.8, 4) is 6.07 Å². The fraction of sp³-hybridized carbons (Fsp3) is 0.214. The average molecular weight is 325 g/mol.